The van der Waals surface area contributed by atoms with E-state index in [1.54, 1.807) is 28.6 Å². The number of aromatic nitrogens is 4. The molecule has 7 nitrogen and oxygen atoms in total. The Morgan fingerprint density at radius 3 is 2.31 bits per heavy atom. The van der Waals surface area contributed by atoms with Crippen LogP contribution in [-0.2, 0) is 12.7 Å². The zero-order chi connectivity index (χ0) is 30.0. The Kier molecular flexibility index (Phi) is 8.63. The van der Waals surface area contributed by atoms with Gasteiger partial charge < -0.3 is 9.64 Å². The van der Waals surface area contributed by atoms with Gasteiger partial charge in [0.15, 0.2) is 5.69 Å². The lowest BCUT2D eigenvalue weighted by Crippen LogP contribution is -2.19. The smallest absolute Gasteiger partial charge is 0.416 e. The van der Waals surface area contributed by atoms with Gasteiger partial charge in [0, 0.05) is 17.0 Å². The van der Waals surface area contributed by atoms with Crippen molar-refractivity contribution in [2.45, 2.75) is 17.6 Å². The average molecular weight is 614 g/mol. The topological polar surface area (TPSA) is 65.2 Å². The molecule has 0 aromatic heterocycles. The third kappa shape index (κ3) is 6.48. The molecule has 0 atom stereocenters. The van der Waals surface area contributed by atoms with Crippen molar-refractivity contribution in [2.24, 2.45) is 0 Å². The molecule has 0 N–H and O–H groups in total. The molecule has 0 saturated carbocycles. The van der Waals surface area contributed by atoms with Gasteiger partial charge in [-0.1, -0.05) is 23.7 Å². The summed E-state index contributed by atoms with van der Waals surface area (Å²) >= 11 is 8.35. The van der Waals surface area contributed by atoms with Crippen LogP contribution in [0.25, 0.3) is 28.3 Å². The van der Waals surface area contributed by atoms with Gasteiger partial charge in [0.05, 0.1) is 28.5 Å². The Morgan fingerprint density at radius 2 is 1.69 bits per heavy atom. The van der Waals surface area contributed by atoms with Gasteiger partial charge in [-0.3, -0.25) is 4.79 Å². The first-order chi connectivity index (χ1) is 20.0. The average Bonchev–Trinajstić information content (AvgIpc) is 3.26. The van der Waals surface area contributed by atoms with Gasteiger partial charge in [0.2, 0.25) is 0 Å². The summed E-state index contributed by atoms with van der Waals surface area (Å²) < 4.78 is 47.6. The van der Waals surface area contributed by atoms with E-state index in [-0.39, 0.29) is 12.2 Å². The number of halogens is 4. The highest BCUT2D eigenvalue weighted by Gasteiger charge is 2.30. The molecular formula is C30H27ClF3N5O2S. The zero-order valence-corrected chi connectivity index (χ0v) is 24.6. The predicted molar refractivity (Wildman–Crippen MR) is 159 cm³/mol. The number of likely N-dealkylation sites (N-methyl/N-ethyl adjacent to an activating group) is 1. The molecule has 0 fully saturated rings. The number of hydrogen-bond donors (Lipinski definition) is 0. The van der Waals surface area contributed by atoms with E-state index in [1.807, 2.05) is 61.6 Å². The minimum absolute atomic E-state index is 0.00910. The monoisotopic (exact) mass is 613 g/mol. The molecule has 2 aliphatic heterocycles. The second-order valence-electron chi connectivity index (χ2n) is 9.82. The van der Waals surface area contributed by atoms with E-state index < -0.39 is 17.3 Å². The summed E-state index contributed by atoms with van der Waals surface area (Å²) in [6.45, 7) is 1.24. The minimum atomic E-state index is -4.44. The molecular weight excluding hydrogens is 587 g/mol. The number of fused-ring (bicyclic) bond motifs is 1. The highest BCUT2D eigenvalue weighted by atomic mass is 35.5. The summed E-state index contributed by atoms with van der Waals surface area (Å²) in [6.07, 6.45) is -2.46. The summed E-state index contributed by atoms with van der Waals surface area (Å²) in [5.74, 6) is 0.623. The van der Waals surface area contributed by atoms with Crippen LogP contribution in [0.5, 0.6) is 5.75 Å². The van der Waals surface area contributed by atoms with Crippen LogP contribution in [0, 0.1) is 0 Å². The van der Waals surface area contributed by atoms with Crippen molar-refractivity contribution < 1.29 is 17.9 Å². The fourth-order valence-corrected chi connectivity index (χ4v) is 5.00. The van der Waals surface area contributed by atoms with E-state index >= 15 is 0 Å². The number of ether oxygens (including phenoxy) is 1. The van der Waals surface area contributed by atoms with Gasteiger partial charge >= 0.3 is 6.18 Å². The van der Waals surface area contributed by atoms with E-state index in [0.717, 1.165) is 23.6 Å². The summed E-state index contributed by atoms with van der Waals surface area (Å²) in [5.41, 5.74) is 1.71. The molecule has 2 aliphatic rings. The summed E-state index contributed by atoms with van der Waals surface area (Å²) in [5, 5.41) is 9.58. The van der Waals surface area contributed by atoms with Crippen molar-refractivity contribution >= 4 is 23.4 Å². The number of alkyl halides is 3. The first kappa shape index (κ1) is 29.7. The van der Waals surface area contributed by atoms with Crippen molar-refractivity contribution in [3.63, 3.8) is 0 Å². The molecule has 0 saturated heterocycles. The molecule has 0 spiro atoms. The largest absolute Gasteiger partial charge is 0.492 e. The fourth-order valence-electron chi connectivity index (χ4n) is 4.32. The van der Waals surface area contributed by atoms with Crippen LogP contribution < -0.4 is 10.3 Å². The Balaban J connectivity index is 1.57. The van der Waals surface area contributed by atoms with Crippen LogP contribution in [0.4, 0.5) is 13.2 Å². The number of nitrogens with zero attached hydrogens (tertiary/aromatic N) is 5. The number of hydrogen-bond acceptors (Lipinski definition) is 6. The Labute approximate surface area is 249 Å². The van der Waals surface area contributed by atoms with E-state index in [4.69, 9.17) is 16.3 Å². The van der Waals surface area contributed by atoms with Gasteiger partial charge in [-0.25, -0.2) is 9.36 Å². The maximum absolute atomic E-state index is 13.3. The van der Waals surface area contributed by atoms with Crippen LogP contribution in [0.1, 0.15) is 11.1 Å². The molecule has 0 bridgehead atoms. The van der Waals surface area contributed by atoms with Crippen molar-refractivity contribution in [1.82, 2.24) is 24.5 Å². The first-order valence-corrected chi connectivity index (χ1v) is 14.5. The van der Waals surface area contributed by atoms with Crippen molar-refractivity contribution in [2.75, 3.05) is 33.5 Å². The van der Waals surface area contributed by atoms with Crippen molar-refractivity contribution in [3.8, 4) is 34.1 Å². The lowest BCUT2D eigenvalue weighted by atomic mass is 10.1. The summed E-state index contributed by atoms with van der Waals surface area (Å²) in [7, 11) is 3.93. The molecule has 42 heavy (non-hydrogen) atoms. The van der Waals surface area contributed by atoms with Gasteiger partial charge in [-0.05, 0) is 86.6 Å². The highest BCUT2D eigenvalue weighted by Crippen LogP contribution is 2.35. The molecule has 0 amide bonds. The molecule has 5 rings (SSSR count). The molecule has 218 valence electrons. The third-order valence-electron chi connectivity index (χ3n) is 6.56. The van der Waals surface area contributed by atoms with Gasteiger partial charge in [0.1, 0.15) is 18.1 Å². The summed E-state index contributed by atoms with van der Waals surface area (Å²) in [4.78, 5) is 16.4. The SMILES string of the molecule is CSc1ccc(-n2nc3c(=O)n(Cc4ccc(C(F)(F)F)cc4)nc-3cc2-c2ccc(OCCN(C)C)cc2Cl)cc1. The van der Waals surface area contributed by atoms with E-state index in [1.165, 1.54) is 16.8 Å². The number of thioether (sulfide) groups is 1. The fraction of sp³-hybridized carbons (Fsp3) is 0.233. The minimum Gasteiger partial charge on any atom is -0.492 e. The molecule has 0 aliphatic carbocycles. The first-order valence-electron chi connectivity index (χ1n) is 12.9. The quantitative estimate of drug-likeness (QED) is 0.175. The molecule has 2 heterocycles. The van der Waals surface area contributed by atoms with E-state index in [2.05, 4.69) is 10.2 Å². The summed E-state index contributed by atoms with van der Waals surface area (Å²) in [6, 6.07) is 19.5. The standard InChI is InChI=1S/C30H27ClF3N5O2S/c1-37(2)14-15-41-22-10-13-24(25(31)16-22)27-17-26-28(36-39(27)21-8-11-23(42-3)12-9-21)29(40)38(35-26)18-19-4-6-20(7-5-19)30(32,33)34/h4-13,16-17H,14-15,18H2,1-3H3. The second kappa shape index (κ2) is 12.2. The highest BCUT2D eigenvalue weighted by molar-refractivity contribution is 7.98. The van der Waals surface area contributed by atoms with Crippen LogP contribution in [0.15, 0.2) is 82.5 Å². The molecule has 3 aromatic rings. The molecule has 12 heteroatoms. The van der Waals surface area contributed by atoms with Gasteiger partial charge in [-0.2, -0.15) is 23.4 Å². The molecule has 0 radical (unpaired) electrons. The van der Waals surface area contributed by atoms with Crippen LogP contribution in [0.2, 0.25) is 5.02 Å². The van der Waals surface area contributed by atoms with Crippen molar-refractivity contribution in [1.29, 1.82) is 0 Å². The number of rotatable bonds is 9. The van der Waals surface area contributed by atoms with Crippen LogP contribution >= 0.6 is 23.4 Å². The van der Waals surface area contributed by atoms with Crippen molar-refractivity contribution in [3.05, 3.63) is 99.3 Å². The lowest BCUT2D eigenvalue weighted by molar-refractivity contribution is -0.137. The van der Waals surface area contributed by atoms with Crippen LogP contribution in [-0.4, -0.2) is 58.0 Å². The normalized spacial score (nSPS) is 11.9. The maximum atomic E-state index is 13.3. The van der Waals surface area contributed by atoms with E-state index in [9.17, 15) is 18.0 Å². The lowest BCUT2D eigenvalue weighted by Gasteiger charge is -2.16. The Bertz CT molecular complexity index is 1720. The second-order valence-corrected chi connectivity index (χ2v) is 11.1. The Morgan fingerprint density at radius 1 is 0.976 bits per heavy atom. The third-order valence-corrected chi connectivity index (χ3v) is 7.62. The molecule has 0 unspecified atom stereocenters. The predicted octanol–water partition coefficient (Wildman–Crippen LogP) is 6.58. The maximum Gasteiger partial charge on any atom is 0.416 e. The van der Waals surface area contributed by atoms with E-state index in [0.29, 0.717) is 45.6 Å². The van der Waals surface area contributed by atoms with Gasteiger partial charge in [0.25, 0.3) is 5.56 Å². The number of benzene rings is 3. The van der Waals surface area contributed by atoms with Crippen LogP contribution in [0.3, 0.4) is 0 Å². The van der Waals surface area contributed by atoms with Gasteiger partial charge in [-0.15, -0.1) is 11.8 Å². The molecule has 3 aromatic carbocycles. The Hall–Kier alpha value is -3.80. The zero-order valence-electron chi connectivity index (χ0n) is 23.0.